The molecule has 2 saturated heterocycles. The van der Waals surface area contributed by atoms with Gasteiger partial charge in [-0.1, -0.05) is 46.1 Å². The molecule has 0 spiro atoms. The van der Waals surface area contributed by atoms with Gasteiger partial charge >= 0.3 is 0 Å². The Hall–Kier alpha value is -3.74. The Balaban J connectivity index is 1.18. The lowest BCUT2D eigenvalue weighted by atomic mass is 9.81. The van der Waals surface area contributed by atoms with Crippen LogP contribution in [0, 0.1) is 5.41 Å². The van der Waals surface area contributed by atoms with Gasteiger partial charge in [0.05, 0.1) is 23.9 Å². The normalized spacial score (nSPS) is 25.8. The Kier molecular flexibility index (Phi) is 8.18. The summed E-state index contributed by atoms with van der Waals surface area (Å²) in [7, 11) is -0.339. The SMILES string of the molecule is COc1ccc2c(c1)C1CC1(C(=O)N1C3CCC1CN(C)C3)Cn1c-2c(C2CCCCC2)c2ccc(C(=O)NS(=O)(=O)c3nc(C(C)(C)C)cs3)cc21. The summed E-state index contributed by atoms with van der Waals surface area (Å²) in [6.07, 6.45) is 8.55. The molecule has 4 fully saturated rings. The molecule has 12 heteroatoms. The number of piperazine rings is 1. The molecular formula is C41H49N5O5S2. The van der Waals surface area contributed by atoms with E-state index in [0.29, 0.717) is 18.2 Å². The number of nitrogens with zero attached hydrogens (tertiary/aromatic N) is 4. The largest absolute Gasteiger partial charge is 0.497 e. The van der Waals surface area contributed by atoms with Crippen LogP contribution >= 0.6 is 11.3 Å². The van der Waals surface area contributed by atoms with Gasteiger partial charge in [-0.05, 0) is 86.5 Å². The van der Waals surface area contributed by atoms with Crippen LogP contribution in [0.1, 0.15) is 111 Å². The summed E-state index contributed by atoms with van der Waals surface area (Å²) >= 11 is 1.02. The molecule has 5 heterocycles. The maximum Gasteiger partial charge on any atom is 0.291 e. The van der Waals surface area contributed by atoms with Gasteiger partial charge in [0.2, 0.25) is 10.2 Å². The van der Waals surface area contributed by atoms with Gasteiger partial charge in [-0.3, -0.25) is 9.59 Å². The van der Waals surface area contributed by atoms with E-state index in [2.05, 4.69) is 43.3 Å². The van der Waals surface area contributed by atoms with Gasteiger partial charge in [0.1, 0.15) is 5.75 Å². The minimum Gasteiger partial charge on any atom is -0.497 e. The zero-order valence-corrected chi connectivity index (χ0v) is 32.9. The first kappa shape index (κ1) is 35.0. The van der Waals surface area contributed by atoms with Crippen molar-refractivity contribution in [1.29, 1.82) is 0 Å². The molecule has 4 atom stereocenters. The molecule has 280 valence electrons. The van der Waals surface area contributed by atoms with E-state index in [1.54, 1.807) is 18.6 Å². The molecule has 2 bridgehead atoms. The van der Waals surface area contributed by atoms with Crippen LogP contribution in [0.2, 0.25) is 0 Å². The predicted molar refractivity (Wildman–Crippen MR) is 206 cm³/mol. The van der Waals surface area contributed by atoms with Crippen molar-refractivity contribution in [1.82, 2.24) is 24.1 Å². The van der Waals surface area contributed by atoms with Gasteiger partial charge in [-0.15, -0.1) is 11.3 Å². The van der Waals surface area contributed by atoms with Gasteiger partial charge < -0.3 is 19.1 Å². The van der Waals surface area contributed by atoms with Crippen molar-refractivity contribution in [2.75, 3.05) is 27.2 Å². The molecule has 10 nitrogen and oxygen atoms in total. The number of hydrogen-bond donors (Lipinski definition) is 1. The zero-order valence-electron chi connectivity index (χ0n) is 31.3. The van der Waals surface area contributed by atoms with E-state index in [4.69, 9.17) is 4.74 Å². The Labute approximate surface area is 316 Å². The number of benzene rings is 2. The molecule has 2 aliphatic carbocycles. The molecule has 2 aromatic carbocycles. The van der Waals surface area contributed by atoms with Crippen molar-refractivity contribution < 1.29 is 22.7 Å². The summed E-state index contributed by atoms with van der Waals surface area (Å²) < 4.78 is 37.2. The van der Waals surface area contributed by atoms with Gasteiger partial charge in [0.15, 0.2) is 0 Å². The van der Waals surface area contributed by atoms with E-state index in [1.807, 2.05) is 39.0 Å². The van der Waals surface area contributed by atoms with Crippen molar-refractivity contribution in [2.45, 2.75) is 112 Å². The lowest BCUT2D eigenvalue weighted by molar-refractivity contribution is -0.143. The van der Waals surface area contributed by atoms with E-state index in [-0.39, 0.29) is 39.2 Å². The van der Waals surface area contributed by atoms with Crippen molar-refractivity contribution in [3.8, 4) is 17.0 Å². The molecular weight excluding hydrogens is 707 g/mol. The second-order valence-corrected chi connectivity index (χ2v) is 20.0. The quantitative estimate of drug-likeness (QED) is 0.225. The molecule has 2 saturated carbocycles. The number of fused-ring (bicyclic) bond motifs is 9. The first-order valence-electron chi connectivity index (χ1n) is 19.2. The number of thiazole rings is 1. The number of carbonyl (C=O) groups is 2. The third-order valence-electron chi connectivity index (χ3n) is 12.8. The number of aromatic nitrogens is 2. The maximum absolute atomic E-state index is 15.1. The fraction of sp³-hybridized carbons (Fsp3) is 0.537. The van der Waals surface area contributed by atoms with Crippen LogP contribution in [-0.4, -0.2) is 78.9 Å². The fourth-order valence-corrected chi connectivity index (χ4v) is 12.3. The monoisotopic (exact) mass is 755 g/mol. The standard InChI is InChI=1S/C41H49N5O5S2/c1-40(2,3)34-22-52-39(42-34)53(49,50)43-37(47)25-11-15-30-33(17-25)45-23-41(38(48)46-26-12-13-27(46)21-44(4)20-26)19-32(41)31-18-28(51-5)14-16-29(31)36(45)35(30)24-9-7-6-8-10-24/h11,14-18,22,24,26-27,32H,6-10,12-13,19-21,23H2,1-5H3,(H,43,47). The molecule has 2 aromatic heterocycles. The molecule has 9 rings (SSSR count). The number of likely N-dealkylation sites (tertiary alicyclic amines) is 1. The number of nitrogens with one attached hydrogen (secondary N) is 1. The topological polar surface area (TPSA) is 114 Å². The molecule has 4 unspecified atom stereocenters. The van der Waals surface area contributed by atoms with E-state index in [0.717, 1.165) is 97.3 Å². The van der Waals surface area contributed by atoms with Crippen molar-refractivity contribution >= 4 is 44.1 Å². The van der Waals surface area contributed by atoms with E-state index >= 15 is 4.79 Å². The second kappa shape index (κ2) is 12.4. The lowest BCUT2D eigenvalue weighted by Gasteiger charge is -2.41. The van der Waals surface area contributed by atoms with Crippen molar-refractivity contribution in [2.24, 2.45) is 5.41 Å². The molecule has 4 aromatic rings. The number of ether oxygens (including phenoxy) is 1. The molecule has 2 amide bonds. The summed E-state index contributed by atoms with van der Waals surface area (Å²) in [6, 6.07) is 12.4. The highest BCUT2D eigenvalue weighted by Crippen LogP contribution is 2.66. The van der Waals surface area contributed by atoms with Crippen LogP contribution in [0.5, 0.6) is 5.75 Å². The van der Waals surface area contributed by atoms with E-state index in [9.17, 15) is 13.2 Å². The van der Waals surface area contributed by atoms with E-state index < -0.39 is 21.3 Å². The Morgan fingerprint density at radius 2 is 1.74 bits per heavy atom. The Bertz CT molecular complexity index is 2250. The van der Waals surface area contributed by atoms with Crippen LogP contribution in [0.25, 0.3) is 22.2 Å². The third kappa shape index (κ3) is 5.64. The zero-order chi connectivity index (χ0) is 37.0. The summed E-state index contributed by atoms with van der Waals surface area (Å²) in [5.74, 6) is 0.742. The Morgan fingerprint density at radius 1 is 1.00 bits per heavy atom. The van der Waals surface area contributed by atoms with Crippen molar-refractivity contribution in [3.05, 3.63) is 64.2 Å². The van der Waals surface area contributed by atoms with Gasteiger partial charge in [0.25, 0.3) is 15.9 Å². The summed E-state index contributed by atoms with van der Waals surface area (Å²) in [6.45, 7) is 8.23. The molecule has 5 aliphatic rings. The first-order valence-corrected chi connectivity index (χ1v) is 21.5. The fourth-order valence-electron chi connectivity index (χ4n) is 10.1. The number of sulfonamides is 1. The number of rotatable bonds is 6. The molecule has 3 aliphatic heterocycles. The molecule has 53 heavy (non-hydrogen) atoms. The van der Waals surface area contributed by atoms with Gasteiger partial charge in [-0.25, -0.2) is 9.71 Å². The highest BCUT2D eigenvalue weighted by Gasteiger charge is 2.65. The van der Waals surface area contributed by atoms with Crippen LogP contribution in [0.3, 0.4) is 0 Å². The highest BCUT2D eigenvalue weighted by atomic mass is 32.2. The van der Waals surface area contributed by atoms with Crippen LogP contribution in [0.15, 0.2) is 46.1 Å². The molecule has 1 N–H and O–H groups in total. The number of amides is 2. The van der Waals surface area contributed by atoms with Gasteiger partial charge in [0, 0.05) is 70.5 Å². The van der Waals surface area contributed by atoms with E-state index in [1.165, 1.54) is 17.5 Å². The predicted octanol–water partition coefficient (Wildman–Crippen LogP) is 7.03. The summed E-state index contributed by atoms with van der Waals surface area (Å²) in [5.41, 5.74) is 5.57. The van der Waals surface area contributed by atoms with Crippen LogP contribution in [-0.2, 0) is 26.8 Å². The second-order valence-electron chi connectivity index (χ2n) is 17.3. The average molecular weight is 756 g/mol. The number of likely N-dealkylation sites (N-methyl/N-ethyl adjacent to an activating group) is 1. The lowest BCUT2D eigenvalue weighted by Crippen LogP contribution is -2.57. The smallest absolute Gasteiger partial charge is 0.291 e. The summed E-state index contributed by atoms with van der Waals surface area (Å²) in [5, 5.41) is 2.81. The summed E-state index contributed by atoms with van der Waals surface area (Å²) in [4.78, 5) is 37.9. The molecule has 0 radical (unpaired) electrons. The van der Waals surface area contributed by atoms with Crippen LogP contribution in [0.4, 0.5) is 0 Å². The average Bonchev–Trinajstić information content (AvgIpc) is 3.36. The minimum absolute atomic E-state index is 0.0567. The van der Waals surface area contributed by atoms with Gasteiger partial charge in [-0.2, -0.15) is 8.42 Å². The number of hydrogen-bond acceptors (Lipinski definition) is 8. The number of carbonyl (C=O) groups excluding carboxylic acids is 2. The van der Waals surface area contributed by atoms with Crippen molar-refractivity contribution in [3.63, 3.8) is 0 Å². The highest BCUT2D eigenvalue weighted by molar-refractivity contribution is 7.92. The Morgan fingerprint density at radius 3 is 2.42 bits per heavy atom. The minimum atomic E-state index is -4.19. The number of methoxy groups -OCH3 is 1. The van der Waals surface area contributed by atoms with Crippen LogP contribution < -0.4 is 9.46 Å². The first-order chi connectivity index (χ1) is 25.3. The third-order valence-corrected chi connectivity index (χ3v) is 15.4. The maximum atomic E-state index is 15.1.